The minimum Gasteiger partial charge on any atom is -0.372 e. The van der Waals surface area contributed by atoms with Gasteiger partial charge in [-0.2, -0.15) is 0 Å². The van der Waals surface area contributed by atoms with Crippen LogP contribution in [-0.4, -0.2) is 22.0 Å². The van der Waals surface area contributed by atoms with E-state index in [4.69, 9.17) is 0 Å². The van der Waals surface area contributed by atoms with Gasteiger partial charge in [-0.3, -0.25) is 0 Å². The zero-order chi connectivity index (χ0) is 9.97. The van der Waals surface area contributed by atoms with Gasteiger partial charge in [-0.05, 0) is 22.6 Å². The number of hydrogen-bond donors (Lipinski definition) is 1. The number of hydrogen-bond acceptors (Lipinski definition) is 5. The summed E-state index contributed by atoms with van der Waals surface area (Å²) in [5.74, 6) is 1.50. The van der Waals surface area contributed by atoms with Crippen molar-refractivity contribution in [3.8, 4) is 11.5 Å². The van der Waals surface area contributed by atoms with Gasteiger partial charge in [-0.1, -0.05) is 0 Å². The summed E-state index contributed by atoms with van der Waals surface area (Å²) in [5, 5.41) is 4.95. The van der Waals surface area contributed by atoms with E-state index in [-0.39, 0.29) is 0 Å². The van der Waals surface area contributed by atoms with Crippen LogP contribution in [0.15, 0.2) is 17.1 Å². The predicted octanol–water partition coefficient (Wildman–Crippen LogP) is 2.25. The number of anilines is 1. The Labute approximate surface area is 99.0 Å². The third-order valence-electron chi connectivity index (χ3n) is 1.64. The molecule has 0 radical (unpaired) electrons. The SMILES string of the molecule is CNc1nc(-c2cscn2)ncc1I. The van der Waals surface area contributed by atoms with Crippen molar-refractivity contribution in [3.05, 3.63) is 20.7 Å². The van der Waals surface area contributed by atoms with E-state index in [1.54, 1.807) is 11.7 Å². The molecule has 0 aliphatic rings. The summed E-state index contributed by atoms with van der Waals surface area (Å²) in [5.41, 5.74) is 2.60. The first kappa shape index (κ1) is 9.78. The third-order valence-corrected chi connectivity index (χ3v) is 3.02. The lowest BCUT2D eigenvalue weighted by Crippen LogP contribution is -1.99. The molecule has 2 aromatic rings. The van der Waals surface area contributed by atoms with Gasteiger partial charge in [0.15, 0.2) is 5.82 Å². The molecule has 0 bridgehead atoms. The largest absolute Gasteiger partial charge is 0.372 e. The fourth-order valence-electron chi connectivity index (χ4n) is 0.989. The Morgan fingerprint density at radius 3 is 2.93 bits per heavy atom. The van der Waals surface area contributed by atoms with Crippen LogP contribution in [0.25, 0.3) is 11.5 Å². The first-order valence-corrected chi connectivity index (χ1v) is 5.92. The second-order valence-corrected chi connectivity index (χ2v) is 4.39. The molecule has 0 saturated carbocycles. The van der Waals surface area contributed by atoms with Crippen LogP contribution in [0, 0.1) is 3.57 Å². The lowest BCUT2D eigenvalue weighted by atomic mass is 10.4. The van der Waals surface area contributed by atoms with Crippen LogP contribution in [0.5, 0.6) is 0 Å². The van der Waals surface area contributed by atoms with Crippen LogP contribution in [0.3, 0.4) is 0 Å². The highest BCUT2D eigenvalue weighted by atomic mass is 127. The molecule has 0 saturated heterocycles. The van der Waals surface area contributed by atoms with Gasteiger partial charge in [0.25, 0.3) is 0 Å². The normalized spacial score (nSPS) is 10.1. The van der Waals surface area contributed by atoms with Crippen LogP contribution in [-0.2, 0) is 0 Å². The average molecular weight is 318 g/mol. The van der Waals surface area contributed by atoms with Crippen LogP contribution in [0.1, 0.15) is 0 Å². The van der Waals surface area contributed by atoms with Crippen LogP contribution in [0.4, 0.5) is 5.82 Å². The Morgan fingerprint density at radius 2 is 2.29 bits per heavy atom. The molecule has 0 atom stereocenters. The van der Waals surface area contributed by atoms with Gasteiger partial charge >= 0.3 is 0 Å². The first-order chi connectivity index (χ1) is 6.81. The summed E-state index contributed by atoms with van der Waals surface area (Å²) in [4.78, 5) is 12.7. The van der Waals surface area contributed by atoms with E-state index in [2.05, 4.69) is 42.9 Å². The Kier molecular flexibility index (Phi) is 2.92. The highest BCUT2D eigenvalue weighted by Gasteiger charge is 2.06. The highest BCUT2D eigenvalue weighted by molar-refractivity contribution is 14.1. The second kappa shape index (κ2) is 4.18. The number of nitrogens with one attached hydrogen (secondary N) is 1. The summed E-state index contributed by atoms with van der Waals surface area (Å²) >= 11 is 3.73. The summed E-state index contributed by atoms with van der Waals surface area (Å²) < 4.78 is 1.00. The molecule has 14 heavy (non-hydrogen) atoms. The molecule has 0 unspecified atom stereocenters. The van der Waals surface area contributed by atoms with Gasteiger partial charge in [-0.25, -0.2) is 15.0 Å². The van der Waals surface area contributed by atoms with E-state index in [1.807, 2.05) is 12.4 Å². The Morgan fingerprint density at radius 1 is 1.43 bits per heavy atom. The van der Waals surface area contributed by atoms with Gasteiger partial charge in [0, 0.05) is 18.6 Å². The smallest absolute Gasteiger partial charge is 0.181 e. The summed E-state index contributed by atoms with van der Waals surface area (Å²) in [7, 11) is 1.84. The molecular weight excluding hydrogens is 311 g/mol. The molecule has 0 amide bonds. The molecule has 2 rings (SSSR count). The van der Waals surface area contributed by atoms with Gasteiger partial charge < -0.3 is 5.32 Å². The van der Waals surface area contributed by atoms with E-state index in [0.29, 0.717) is 5.82 Å². The zero-order valence-electron chi connectivity index (χ0n) is 7.36. The van der Waals surface area contributed by atoms with Crippen LogP contribution < -0.4 is 5.32 Å². The summed E-state index contributed by atoms with van der Waals surface area (Å²) in [6.07, 6.45) is 1.79. The quantitative estimate of drug-likeness (QED) is 0.863. The monoisotopic (exact) mass is 318 g/mol. The predicted molar refractivity (Wildman–Crippen MR) is 65.4 cm³/mol. The molecule has 6 heteroatoms. The number of halogens is 1. The van der Waals surface area contributed by atoms with Gasteiger partial charge in [0.1, 0.15) is 11.5 Å². The molecule has 72 valence electrons. The number of thiazole rings is 1. The molecule has 0 fully saturated rings. The minimum atomic E-state index is 0.663. The highest BCUT2D eigenvalue weighted by Crippen LogP contribution is 2.19. The number of nitrogens with zero attached hydrogens (tertiary/aromatic N) is 3. The van der Waals surface area contributed by atoms with Crippen molar-refractivity contribution in [2.45, 2.75) is 0 Å². The van der Waals surface area contributed by atoms with Crippen molar-refractivity contribution >= 4 is 39.7 Å². The van der Waals surface area contributed by atoms with E-state index in [0.717, 1.165) is 15.1 Å². The van der Waals surface area contributed by atoms with Crippen molar-refractivity contribution in [2.75, 3.05) is 12.4 Å². The van der Waals surface area contributed by atoms with Crippen LogP contribution in [0.2, 0.25) is 0 Å². The lowest BCUT2D eigenvalue weighted by molar-refractivity contribution is 1.13. The molecular formula is C8H7IN4S. The topological polar surface area (TPSA) is 50.7 Å². The average Bonchev–Trinajstić information content (AvgIpc) is 2.71. The minimum absolute atomic E-state index is 0.663. The molecule has 4 nitrogen and oxygen atoms in total. The Bertz CT molecular complexity index is 429. The maximum absolute atomic E-state index is 4.35. The van der Waals surface area contributed by atoms with Gasteiger partial charge in [0.2, 0.25) is 0 Å². The van der Waals surface area contributed by atoms with Gasteiger partial charge in [-0.15, -0.1) is 11.3 Å². The van der Waals surface area contributed by atoms with Crippen LogP contribution >= 0.6 is 33.9 Å². The van der Waals surface area contributed by atoms with E-state index >= 15 is 0 Å². The molecule has 0 aromatic carbocycles. The van der Waals surface area contributed by atoms with E-state index in [1.165, 1.54) is 11.3 Å². The van der Waals surface area contributed by atoms with Crippen molar-refractivity contribution in [1.29, 1.82) is 0 Å². The summed E-state index contributed by atoms with van der Waals surface area (Å²) in [6, 6.07) is 0. The molecule has 0 aliphatic carbocycles. The van der Waals surface area contributed by atoms with E-state index < -0.39 is 0 Å². The first-order valence-electron chi connectivity index (χ1n) is 3.90. The Hall–Kier alpha value is -0.760. The zero-order valence-corrected chi connectivity index (χ0v) is 10.3. The molecule has 2 aromatic heterocycles. The van der Waals surface area contributed by atoms with Crippen molar-refractivity contribution in [3.63, 3.8) is 0 Å². The van der Waals surface area contributed by atoms with Crippen molar-refractivity contribution in [1.82, 2.24) is 15.0 Å². The Balaban J connectivity index is 2.46. The molecule has 0 spiro atoms. The second-order valence-electron chi connectivity index (χ2n) is 2.51. The fourth-order valence-corrected chi connectivity index (χ4v) is 2.05. The number of rotatable bonds is 2. The van der Waals surface area contributed by atoms with Crippen molar-refractivity contribution in [2.24, 2.45) is 0 Å². The van der Waals surface area contributed by atoms with E-state index in [9.17, 15) is 0 Å². The summed E-state index contributed by atoms with van der Waals surface area (Å²) in [6.45, 7) is 0. The fraction of sp³-hybridized carbons (Fsp3) is 0.125. The third kappa shape index (κ3) is 1.85. The lowest BCUT2D eigenvalue weighted by Gasteiger charge is -2.02. The maximum atomic E-state index is 4.35. The standard InChI is InChI=1S/C8H7IN4S/c1-10-7-5(9)2-11-8(13-7)6-3-14-4-12-6/h2-4H,1H3,(H,10,11,13). The molecule has 1 N–H and O–H groups in total. The molecule has 0 aliphatic heterocycles. The molecule has 2 heterocycles. The van der Waals surface area contributed by atoms with Crippen molar-refractivity contribution < 1.29 is 0 Å². The maximum Gasteiger partial charge on any atom is 0.181 e. The number of aromatic nitrogens is 3. The van der Waals surface area contributed by atoms with Gasteiger partial charge in [0.05, 0.1) is 9.08 Å².